The summed E-state index contributed by atoms with van der Waals surface area (Å²) in [5, 5.41) is 13.2. The molecule has 2 aromatic heterocycles. The monoisotopic (exact) mass is 300 g/mol. The Bertz CT molecular complexity index is 725. The molecule has 9 heteroatoms. The van der Waals surface area contributed by atoms with Crippen LogP contribution in [0.2, 0.25) is 0 Å². The average molecular weight is 300 g/mol. The Hall–Kier alpha value is -2.32. The molecule has 1 unspecified atom stereocenters. The molecule has 3 heterocycles. The van der Waals surface area contributed by atoms with Crippen molar-refractivity contribution in [3.05, 3.63) is 23.7 Å². The van der Waals surface area contributed by atoms with Gasteiger partial charge < -0.3 is 5.11 Å². The summed E-state index contributed by atoms with van der Waals surface area (Å²) in [4.78, 5) is 16.1. The van der Waals surface area contributed by atoms with Gasteiger partial charge in [0.1, 0.15) is 5.92 Å². The minimum absolute atomic E-state index is 0.0633. The number of aryl methyl sites for hydroxylation is 1. The second-order valence-electron chi connectivity index (χ2n) is 4.90. The number of anilines is 1. The van der Waals surface area contributed by atoms with Crippen molar-refractivity contribution in [3.8, 4) is 0 Å². The van der Waals surface area contributed by atoms with E-state index < -0.39 is 18.2 Å². The normalized spacial score (nSPS) is 18.9. The molecule has 1 aliphatic rings. The summed E-state index contributed by atoms with van der Waals surface area (Å²) in [5.41, 5.74) is 0.554. The number of amides is 1. The molecule has 0 saturated heterocycles. The van der Waals surface area contributed by atoms with Gasteiger partial charge in [0, 0.05) is 12.6 Å². The zero-order valence-electron chi connectivity index (χ0n) is 10.9. The Kier molecular flexibility index (Phi) is 2.82. The van der Waals surface area contributed by atoms with E-state index in [1.54, 1.807) is 13.0 Å². The summed E-state index contributed by atoms with van der Waals surface area (Å²) < 4.78 is 40.9. The molecule has 112 valence electrons. The quantitative estimate of drug-likeness (QED) is 0.811. The van der Waals surface area contributed by atoms with Gasteiger partial charge >= 0.3 is 12.3 Å². The maximum absolute atomic E-state index is 13.3. The van der Waals surface area contributed by atoms with Gasteiger partial charge in [-0.3, -0.25) is 4.90 Å². The molecule has 2 aromatic rings. The third-order valence-corrected chi connectivity index (χ3v) is 3.51. The van der Waals surface area contributed by atoms with Crippen molar-refractivity contribution < 1.29 is 23.1 Å². The van der Waals surface area contributed by atoms with Crippen LogP contribution in [0.4, 0.5) is 23.7 Å². The molecule has 1 N–H and O–H groups in total. The lowest BCUT2D eigenvalue weighted by Crippen LogP contribution is -2.40. The van der Waals surface area contributed by atoms with E-state index in [1.807, 2.05) is 0 Å². The summed E-state index contributed by atoms with van der Waals surface area (Å²) in [5.74, 6) is -1.76. The van der Waals surface area contributed by atoms with Gasteiger partial charge in [-0.1, -0.05) is 0 Å². The second kappa shape index (κ2) is 4.34. The first kappa shape index (κ1) is 13.7. The van der Waals surface area contributed by atoms with Crippen LogP contribution in [0.25, 0.3) is 5.65 Å². The molecule has 0 radical (unpaired) electrons. The van der Waals surface area contributed by atoms with Crippen LogP contribution in [-0.4, -0.2) is 38.5 Å². The first-order valence-electron chi connectivity index (χ1n) is 6.21. The topological polar surface area (TPSA) is 70.7 Å². The Morgan fingerprint density at radius 2 is 2.19 bits per heavy atom. The van der Waals surface area contributed by atoms with Crippen LogP contribution in [0.15, 0.2) is 12.3 Å². The SMILES string of the molecule is Cc1cc2ncc3c(n2n1)C(C(F)(F)F)CCN3C(=O)O. The highest BCUT2D eigenvalue weighted by atomic mass is 19.4. The Morgan fingerprint density at radius 3 is 2.81 bits per heavy atom. The fourth-order valence-corrected chi connectivity index (χ4v) is 2.62. The molecule has 6 nitrogen and oxygen atoms in total. The average Bonchev–Trinajstić information content (AvgIpc) is 2.76. The zero-order valence-corrected chi connectivity index (χ0v) is 10.9. The Labute approximate surface area is 116 Å². The van der Waals surface area contributed by atoms with Crippen LogP contribution in [0.5, 0.6) is 0 Å². The summed E-state index contributed by atoms with van der Waals surface area (Å²) >= 11 is 0. The third-order valence-electron chi connectivity index (χ3n) is 3.51. The van der Waals surface area contributed by atoms with E-state index >= 15 is 0 Å². The highest BCUT2D eigenvalue weighted by Gasteiger charge is 2.47. The van der Waals surface area contributed by atoms with Gasteiger partial charge in [0.25, 0.3) is 0 Å². The van der Waals surface area contributed by atoms with Crippen molar-refractivity contribution in [1.29, 1.82) is 0 Å². The smallest absolute Gasteiger partial charge is 0.411 e. The lowest BCUT2D eigenvalue weighted by atomic mass is 9.94. The standard InChI is InChI=1S/C12H11F3N4O2/c1-6-4-9-16-5-8-10(19(9)17-6)7(12(13,14)15)2-3-18(8)11(20)21/h4-5,7H,2-3H2,1H3,(H,20,21). The summed E-state index contributed by atoms with van der Waals surface area (Å²) in [6.07, 6.45) is -4.94. The largest absolute Gasteiger partial charge is 0.465 e. The van der Waals surface area contributed by atoms with E-state index in [2.05, 4.69) is 10.1 Å². The molecule has 1 aliphatic heterocycles. The van der Waals surface area contributed by atoms with E-state index in [9.17, 15) is 18.0 Å². The van der Waals surface area contributed by atoms with Crippen LogP contribution in [0, 0.1) is 6.92 Å². The fourth-order valence-electron chi connectivity index (χ4n) is 2.62. The van der Waals surface area contributed by atoms with Gasteiger partial charge in [-0.15, -0.1) is 0 Å². The summed E-state index contributed by atoms with van der Waals surface area (Å²) in [6, 6.07) is 1.55. The van der Waals surface area contributed by atoms with Crippen molar-refractivity contribution >= 4 is 17.4 Å². The minimum Gasteiger partial charge on any atom is -0.465 e. The maximum Gasteiger partial charge on any atom is 0.411 e. The molecule has 0 aliphatic carbocycles. The first-order valence-corrected chi connectivity index (χ1v) is 6.21. The van der Waals surface area contributed by atoms with Crippen molar-refractivity contribution in [2.24, 2.45) is 0 Å². The molecule has 1 amide bonds. The van der Waals surface area contributed by atoms with Gasteiger partial charge in [-0.05, 0) is 13.3 Å². The van der Waals surface area contributed by atoms with E-state index in [4.69, 9.17) is 5.11 Å². The van der Waals surface area contributed by atoms with Crippen LogP contribution >= 0.6 is 0 Å². The molecule has 0 aromatic carbocycles. The number of halogens is 3. The molecule has 0 fully saturated rings. The maximum atomic E-state index is 13.3. The molecular weight excluding hydrogens is 289 g/mol. The third kappa shape index (κ3) is 2.08. The number of hydrogen-bond donors (Lipinski definition) is 1. The molecular formula is C12H11F3N4O2. The minimum atomic E-state index is -4.46. The highest BCUT2D eigenvalue weighted by Crippen LogP contribution is 2.44. The molecule has 21 heavy (non-hydrogen) atoms. The number of alkyl halides is 3. The number of nitrogens with zero attached hydrogens (tertiary/aromatic N) is 4. The second-order valence-corrected chi connectivity index (χ2v) is 4.90. The number of aromatic nitrogens is 3. The van der Waals surface area contributed by atoms with Gasteiger partial charge in [-0.25, -0.2) is 14.3 Å². The van der Waals surface area contributed by atoms with Crippen molar-refractivity contribution in [3.63, 3.8) is 0 Å². The molecule has 3 rings (SSSR count). The van der Waals surface area contributed by atoms with Gasteiger partial charge in [0.2, 0.25) is 0 Å². The van der Waals surface area contributed by atoms with Crippen molar-refractivity contribution in [1.82, 2.24) is 14.6 Å². The van der Waals surface area contributed by atoms with Crippen molar-refractivity contribution in [2.45, 2.75) is 25.4 Å². The lowest BCUT2D eigenvalue weighted by Gasteiger charge is -2.33. The first-order chi connectivity index (χ1) is 9.79. The van der Waals surface area contributed by atoms with E-state index in [0.717, 1.165) is 15.6 Å². The molecule has 0 saturated carbocycles. The van der Waals surface area contributed by atoms with Gasteiger partial charge in [-0.2, -0.15) is 18.3 Å². The van der Waals surface area contributed by atoms with Crippen LogP contribution in [0.1, 0.15) is 23.7 Å². The predicted molar refractivity (Wildman–Crippen MR) is 66.5 cm³/mol. The molecule has 1 atom stereocenters. The van der Waals surface area contributed by atoms with Crippen LogP contribution < -0.4 is 4.90 Å². The number of carbonyl (C=O) groups is 1. The number of rotatable bonds is 0. The van der Waals surface area contributed by atoms with Gasteiger partial charge in [0.05, 0.1) is 23.3 Å². The predicted octanol–water partition coefficient (Wildman–Crippen LogP) is 2.57. The number of carboxylic acid groups (broad SMARTS) is 1. The zero-order chi connectivity index (χ0) is 15.4. The molecule has 0 spiro atoms. The Morgan fingerprint density at radius 1 is 1.48 bits per heavy atom. The molecule has 0 bridgehead atoms. The Balaban J connectivity index is 2.30. The summed E-state index contributed by atoms with van der Waals surface area (Å²) in [7, 11) is 0. The number of hydrogen-bond acceptors (Lipinski definition) is 3. The van der Waals surface area contributed by atoms with E-state index in [0.29, 0.717) is 5.69 Å². The van der Waals surface area contributed by atoms with Crippen LogP contribution in [-0.2, 0) is 0 Å². The van der Waals surface area contributed by atoms with Gasteiger partial charge in [0.15, 0.2) is 5.65 Å². The van der Waals surface area contributed by atoms with Crippen LogP contribution in [0.3, 0.4) is 0 Å². The highest BCUT2D eigenvalue weighted by molar-refractivity contribution is 5.87. The van der Waals surface area contributed by atoms with E-state index in [-0.39, 0.29) is 30.0 Å². The van der Waals surface area contributed by atoms with Crippen molar-refractivity contribution in [2.75, 3.05) is 11.4 Å². The lowest BCUT2D eigenvalue weighted by molar-refractivity contribution is -0.153. The fraction of sp³-hybridized carbons (Fsp3) is 0.417. The number of fused-ring (bicyclic) bond motifs is 3. The summed E-state index contributed by atoms with van der Waals surface area (Å²) in [6.45, 7) is 1.42. The van der Waals surface area contributed by atoms with E-state index in [1.165, 1.54) is 0 Å².